The Morgan fingerprint density at radius 1 is 0.404 bits per heavy atom. The lowest BCUT2D eigenvalue weighted by atomic mass is 9.80. The Morgan fingerprint density at radius 2 is 0.904 bits per heavy atom. The zero-order valence-electron chi connectivity index (χ0n) is 54.9. The van der Waals surface area contributed by atoms with Crippen LogP contribution in [0.5, 0.6) is 0 Å². The molecule has 0 unspecified atom stereocenters. The van der Waals surface area contributed by atoms with Crippen molar-refractivity contribution in [3.8, 4) is 44.5 Å². The predicted molar refractivity (Wildman–Crippen MR) is 220 cm³/mol. The van der Waals surface area contributed by atoms with Crippen LogP contribution < -0.4 is 0 Å². The largest absolute Gasteiger partial charge is 0.456 e. The Balaban J connectivity index is 1.35. The minimum absolute atomic E-state index is 0.165. The summed E-state index contributed by atoms with van der Waals surface area (Å²) in [6.07, 6.45) is 0. The number of hydrogen-bond acceptors (Lipinski definition) is 1. The van der Waals surface area contributed by atoms with E-state index in [9.17, 15) is 16.4 Å². The molecule has 0 spiro atoms. The van der Waals surface area contributed by atoms with Gasteiger partial charge in [-0.1, -0.05) is 153 Å². The van der Waals surface area contributed by atoms with Crippen LogP contribution in [0.2, 0.25) is 0 Å². The Bertz CT molecular complexity index is 4600. The molecule has 0 N–H and O–H groups in total. The van der Waals surface area contributed by atoms with Crippen molar-refractivity contribution in [1.82, 2.24) is 0 Å². The fourth-order valence-corrected chi connectivity index (χ4v) is 7.08. The van der Waals surface area contributed by atoms with Gasteiger partial charge in [-0.2, -0.15) is 0 Å². The highest BCUT2D eigenvalue weighted by atomic mass is 16.3. The van der Waals surface area contributed by atoms with Crippen molar-refractivity contribution in [3.05, 3.63) is 180 Å². The predicted octanol–water partition coefficient (Wildman–Crippen LogP) is 14.4. The molecule has 0 saturated heterocycles. The van der Waals surface area contributed by atoms with Gasteiger partial charge in [0.05, 0.1) is 38.4 Å². The third-order valence-corrected chi connectivity index (χ3v) is 9.45. The maximum absolute atomic E-state index is 10.1. The van der Waals surface area contributed by atoms with Gasteiger partial charge in [0, 0.05) is 16.2 Å². The summed E-state index contributed by atoms with van der Waals surface area (Å²) in [5.41, 5.74) is -7.72. The molecule has 0 saturated carbocycles. The van der Waals surface area contributed by atoms with Crippen molar-refractivity contribution in [2.24, 2.45) is 0 Å². The molecule has 52 heavy (non-hydrogen) atoms. The molecule has 0 bridgehead atoms. The zero-order valence-corrected chi connectivity index (χ0v) is 26.9. The molecule has 0 atom stereocenters. The van der Waals surface area contributed by atoms with E-state index in [4.69, 9.17) is 26.3 Å². The van der Waals surface area contributed by atoms with Gasteiger partial charge in [-0.15, -0.1) is 0 Å². The fraction of sp³-hybridized carbons (Fsp3) is 0.0588. The van der Waals surface area contributed by atoms with E-state index in [-0.39, 0.29) is 27.6 Å². The molecule has 11 rings (SSSR count). The number of fused-ring (bicyclic) bond motifs is 10. The van der Waals surface area contributed by atoms with Crippen LogP contribution in [-0.4, -0.2) is 0 Å². The van der Waals surface area contributed by atoms with Crippen LogP contribution in [0.1, 0.15) is 63.4 Å². The highest BCUT2D eigenvalue weighted by Gasteiger charge is 2.36. The first-order chi connectivity index (χ1) is 37.2. The highest BCUT2D eigenvalue weighted by Crippen LogP contribution is 2.52. The highest BCUT2D eigenvalue weighted by molar-refractivity contribution is 6.23. The van der Waals surface area contributed by atoms with Crippen LogP contribution in [0.15, 0.2) is 174 Å². The molecule has 0 amide bonds. The summed E-state index contributed by atoms with van der Waals surface area (Å²) in [7, 11) is 0. The van der Waals surface area contributed by atoms with E-state index in [1.807, 2.05) is 0 Å². The Morgan fingerprint density at radius 3 is 1.56 bits per heavy atom. The smallest absolute Gasteiger partial charge is 0.136 e. The van der Waals surface area contributed by atoms with Crippen molar-refractivity contribution in [2.75, 3.05) is 0 Å². The summed E-state index contributed by atoms with van der Waals surface area (Å²) in [5.74, 6) is 0. The summed E-state index contributed by atoms with van der Waals surface area (Å²) in [6.45, 7) is 2.91. The minimum atomic E-state index is -1.74. The average Bonchev–Trinajstić information content (AvgIpc) is 4.12. The first-order valence-electron chi connectivity index (χ1n) is 29.9. The molecule has 244 valence electrons. The van der Waals surface area contributed by atoms with Crippen LogP contribution in [-0.2, 0) is 5.41 Å². The van der Waals surface area contributed by atoms with Crippen molar-refractivity contribution in [3.63, 3.8) is 0 Å². The topological polar surface area (TPSA) is 13.1 Å². The van der Waals surface area contributed by atoms with Gasteiger partial charge in [0.1, 0.15) is 11.2 Å². The van der Waals surface area contributed by atoms with E-state index < -0.39 is 257 Å². The Kier molecular flexibility index (Phi) is 2.69. The number of rotatable bonds is 3. The number of benzene rings is 9. The molecule has 1 nitrogen and oxygen atoms in total. The van der Waals surface area contributed by atoms with Gasteiger partial charge in [0.2, 0.25) is 0 Å². The summed E-state index contributed by atoms with van der Waals surface area (Å²) in [6, 6.07) is -23.3. The first-order valence-corrected chi connectivity index (χ1v) is 15.9. The average molecular weight is 691 g/mol. The molecule has 9 aromatic carbocycles. The lowest BCUT2D eigenvalue weighted by Crippen LogP contribution is -2.15. The van der Waals surface area contributed by atoms with Gasteiger partial charge >= 0.3 is 0 Å². The van der Waals surface area contributed by atoms with Gasteiger partial charge in [0.15, 0.2) is 0 Å². The van der Waals surface area contributed by atoms with Crippen molar-refractivity contribution in [1.29, 1.82) is 0 Å². The Hall–Kier alpha value is -6.44. The molecule has 0 aliphatic heterocycles. The normalized spacial score (nSPS) is 20.9. The second kappa shape index (κ2) is 10.8. The second-order valence-electron chi connectivity index (χ2n) is 12.6. The molecular formula is C51H34O. The minimum Gasteiger partial charge on any atom is -0.456 e. The van der Waals surface area contributed by atoms with Gasteiger partial charge in [-0.3, -0.25) is 0 Å². The van der Waals surface area contributed by atoms with Gasteiger partial charge in [-0.05, 0) is 118 Å². The molecule has 1 aromatic heterocycles. The van der Waals surface area contributed by atoms with Crippen molar-refractivity contribution >= 4 is 54.3 Å². The number of hydrogen-bond donors (Lipinski definition) is 0. The molecular weight excluding hydrogens is 629 g/mol. The number of furan rings is 1. The fourth-order valence-electron chi connectivity index (χ4n) is 7.08. The second-order valence-corrected chi connectivity index (χ2v) is 12.6. The molecule has 1 heteroatoms. The quantitative estimate of drug-likeness (QED) is 0.168. The van der Waals surface area contributed by atoms with E-state index in [1.165, 1.54) is 13.8 Å². The van der Waals surface area contributed by atoms with E-state index in [2.05, 4.69) is 0 Å². The lowest BCUT2D eigenvalue weighted by molar-refractivity contribution is 0.661. The molecule has 1 aliphatic carbocycles. The summed E-state index contributed by atoms with van der Waals surface area (Å²) in [4.78, 5) is 0. The standard InChI is InChI=1S/C51H34O/c1-51(2)44-29-33(31-12-4-3-5-13-31)20-24-37(44)38-25-21-35(30-45(38)51)49-41-18-10-8-16-39(41)48(40-17-9-11-19-42(40)49)34-23-26-46-43(28-34)50-36-15-7-6-14-32(36)22-27-47(50)52-46/h3-30H,1-2H3/i3D,4D,5D,6D,7D,8D,9D,10D,11D,12D,13D,14D,15D,16D,17D,18D,19D,20D,21D,22D,23D,24D,25D,26D,27D,28D,29D,30D. The monoisotopic (exact) mass is 690 g/mol. The van der Waals surface area contributed by atoms with Crippen LogP contribution >= 0.6 is 0 Å². The van der Waals surface area contributed by atoms with Gasteiger partial charge in [0.25, 0.3) is 0 Å². The molecule has 1 aliphatic rings. The van der Waals surface area contributed by atoms with Crippen LogP contribution in [0.25, 0.3) is 98.8 Å². The summed E-state index contributed by atoms with van der Waals surface area (Å²) < 4.78 is 261. The molecule has 1 heterocycles. The third kappa shape index (κ3) is 4.11. The SMILES string of the molecule is [2H]c1c([2H])c([2H])c(-c2c([2H])c([2H])c3c(c2[2H])C(C)(C)c2c([2H])c(-c4c5c([2H])c([2H])c([2H])c([2H])c5c(-c5c([2H])c([2H])c6oc7c([2H])c([2H])c8c([2H])c([2H])c([2H])c([2H])c8c7c6c5[2H])c5c([2H])c([2H])c([2H])c([2H])c45)c([2H])c([2H])c2-3)c([2H])c1[2H]. The summed E-state index contributed by atoms with van der Waals surface area (Å²) in [5, 5.41) is -4.48. The Labute approximate surface area is 341 Å². The van der Waals surface area contributed by atoms with E-state index >= 15 is 0 Å². The van der Waals surface area contributed by atoms with Crippen LogP contribution in [0, 0.1) is 0 Å². The maximum atomic E-state index is 10.1. The van der Waals surface area contributed by atoms with E-state index in [0.29, 0.717) is 0 Å². The van der Waals surface area contributed by atoms with Crippen LogP contribution in [0.3, 0.4) is 0 Å². The van der Waals surface area contributed by atoms with Crippen molar-refractivity contribution < 1.29 is 42.8 Å². The van der Waals surface area contributed by atoms with Crippen molar-refractivity contribution in [2.45, 2.75) is 19.3 Å². The lowest BCUT2D eigenvalue weighted by Gasteiger charge is -2.23. The molecule has 0 fully saturated rings. The van der Waals surface area contributed by atoms with E-state index in [0.717, 1.165) is 0 Å². The maximum Gasteiger partial charge on any atom is 0.136 e. The first kappa shape index (κ1) is 13.0. The summed E-state index contributed by atoms with van der Waals surface area (Å²) >= 11 is 0. The van der Waals surface area contributed by atoms with Crippen LogP contribution in [0.4, 0.5) is 0 Å². The van der Waals surface area contributed by atoms with E-state index in [1.54, 1.807) is 0 Å². The molecule has 10 aromatic rings. The molecule has 0 radical (unpaired) electrons. The van der Waals surface area contributed by atoms with Gasteiger partial charge < -0.3 is 4.42 Å². The zero-order chi connectivity index (χ0) is 58.9. The third-order valence-electron chi connectivity index (χ3n) is 9.45. The van der Waals surface area contributed by atoms with Gasteiger partial charge in [-0.25, -0.2) is 0 Å².